The number of rotatable bonds is 4. The maximum absolute atomic E-state index is 10.8. The predicted molar refractivity (Wildman–Crippen MR) is 65.3 cm³/mol. The van der Waals surface area contributed by atoms with E-state index in [0.717, 1.165) is 12.8 Å². The molecule has 1 aromatic carbocycles. The Morgan fingerprint density at radius 2 is 2.24 bits per heavy atom. The molecule has 1 saturated carbocycles. The zero-order valence-electron chi connectivity index (χ0n) is 9.10. The number of anilines is 1. The van der Waals surface area contributed by atoms with Crippen LogP contribution >= 0.6 is 11.6 Å². The van der Waals surface area contributed by atoms with Crippen molar-refractivity contribution in [1.29, 1.82) is 0 Å². The van der Waals surface area contributed by atoms with Crippen LogP contribution in [0, 0.1) is 16.0 Å². The summed E-state index contributed by atoms with van der Waals surface area (Å²) >= 11 is 5.81. The van der Waals surface area contributed by atoms with Gasteiger partial charge in [-0.3, -0.25) is 10.1 Å². The molecule has 2 N–H and O–H groups in total. The maximum atomic E-state index is 10.8. The minimum atomic E-state index is -0.436. The van der Waals surface area contributed by atoms with Gasteiger partial charge in [-0.1, -0.05) is 11.6 Å². The molecular formula is C11H13ClN2O3. The SMILES string of the molecule is O=[N+]([O-])c1ccc(Cl)cc1NCC1CC(O)C1. The van der Waals surface area contributed by atoms with Gasteiger partial charge in [0.2, 0.25) is 0 Å². The average Bonchev–Trinajstić information content (AvgIpc) is 2.22. The van der Waals surface area contributed by atoms with Gasteiger partial charge in [0.25, 0.3) is 5.69 Å². The van der Waals surface area contributed by atoms with E-state index in [9.17, 15) is 10.1 Å². The van der Waals surface area contributed by atoms with Gasteiger partial charge in [0.05, 0.1) is 11.0 Å². The summed E-state index contributed by atoms with van der Waals surface area (Å²) in [5.41, 5.74) is 0.457. The van der Waals surface area contributed by atoms with Crippen molar-refractivity contribution in [2.75, 3.05) is 11.9 Å². The lowest BCUT2D eigenvalue weighted by atomic mass is 9.82. The number of nitro benzene ring substituents is 1. The highest BCUT2D eigenvalue weighted by molar-refractivity contribution is 6.31. The predicted octanol–water partition coefficient (Wildman–Crippen LogP) is 2.43. The number of nitrogens with one attached hydrogen (secondary N) is 1. The first-order valence-electron chi connectivity index (χ1n) is 5.42. The van der Waals surface area contributed by atoms with Crippen LogP contribution in [0.15, 0.2) is 18.2 Å². The largest absolute Gasteiger partial charge is 0.393 e. The van der Waals surface area contributed by atoms with Crippen molar-refractivity contribution < 1.29 is 10.0 Å². The van der Waals surface area contributed by atoms with Crippen LogP contribution < -0.4 is 5.32 Å². The van der Waals surface area contributed by atoms with Crippen molar-refractivity contribution in [2.24, 2.45) is 5.92 Å². The van der Waals surface area contributed by atoms with Crippen LogP contribution in [0.4, 0.5) is 11.4 Å². The second-order valence-electron chi connectivity index (χ2n) is 4.29. The lowest BCUT2D eigenvalue weighted by molar-refractivity contribution is -0.384. The Bertz CT molecular complexity index is 433. The molecule has 5 nitrogen and oxygen atoms in total. The normalized spacial score (nSPS) is 22.9. The van der Waals surface area contributed by atoms with Crippen molar-refractivity contribution in [3.05, 3.63) is 33.3 Å². The molecule has 0 radical (unpaired) electrons. The minimum absolute atomic E-state index is 0.0225. The minimum Gasteiger partial charge on any atom is -0.393 e. The zero-order chi connectivity index (χ0) is 12.4. The van der Waals surface area contributed by atoms with E-state index < -0.39 is 4.92 Å². The van der Waals surface area contributed by atoms with Crippen molar-refractivity contribution in [2.45, 2.75) is 18.9 Å². The van der Waals surface area contributed by atoms with Crippen LogP contribution in [-0.2, 0) is 0 Å². The van der Waals surface area contributed by atoms with Gasteiger partial charge in [-0.05, 0) is 30.9 Å². The van der Waals surface area contributed by atoms with E-state index in [0.29, 0.717) is 23.2 Å². The number of nitro groups is 1. The lowest BCUT2D eigenvalue weighted by Crippen LogP contribution is -2.33. The van der Waals surface area contributed by atoms with Crippen LogP contribution in [0.2, 0.25) is 5.02 Å². The van der Waals surface area contributed by atoms with Crippen molar-refractivity contribution in [3.8, 4) is 0 Å². The van der Waals surface area contributed by atoms with Gasteiger partial charge in [-0.25, -0.2) is 0 Å². The molecule has 0 spiro atoms. The number of nitrogens with zero attached hydrogens (tertiary/aromatic N) is 1. The molecule has 0 aromatic heterocycles. The van der Waals surface area contributed by atoms with E-state index in [2.05, 4.69) is 5.32 Å². The Morgan fingerprint density at radius 1 is 1.53 bits per heavy atom. The molecule has 0 atom stereocenters. The van der Waals surface area contributed by atoms with Crippen molar-refractivity contribution >= 4 is 23.0 Å². The Hall–Kier alpha value is -1.33. The summed E-state index contributed by atoms with van der Waals surface area (Å²) in [5, 5.41) is 23.4. The van der Waals surface area contributed by atoms with Crippen LogP contribution in [-0.4, -0.2) is 22.7 Å². The summed E-state index contributed by atoms with van der Waals surface area (Å²) in [6, 6.07) is 4.44. The summed E-state index contributed by atoms with van der Waals surface area (Å²) in [5.74, 6) is 0.378. The van der Waals surface area contributed by atoms with Gasteiger partial charge in [-0.2, -0.15) is 0 Å². The summed E-state index contributed by atoms with van der Waals surface area (Å²) in [6.45, 7) is 0.623. The molecule has 0 heterocycles. The van der Waals surface area contributed by atoms with E-state index in [4.69, 9.17) is 16.7 Å². The second kappa shape index (κ2) is 4.89. The van der Waals surface area contributed by atoms with E-state index in [-0.39, 0.29) is 11.8 Å². The molecule has 92 valence electrons. The summed E-state index contributed by atoms with van der Waals surface area (Å²) in [7, 11) is 0. The third-order valence-corrected chi connectivity index (χ3v) is 3.18. The number of halogens is 1. The molecule has 0 amide bonds. The van der Waals surface area contributed by atoms with Gasteiger partial charge in [0.15, 0.2) is 0 Å². The lowest BCUT2D eigenvalue weighted by Gasteiger charge is -2.31. The first kappa shape index (κ1) is 12.1. The van der Waals surface area contributed by atoms with Gasteiger partial charge in [0.1, 0.15) is 5.69 Å². The van der Waals surface area contributed by atoms with Gasteiger partial charge < -0.3 is 10.4 Å². The highest BCUT2D eigenvalue weighted by Crippen LogP contribution is 2.31. The second-order valence-corrected chi connectivity index (χ2v) is 4.73. The Kier molecular flexibility index (Phi) is 3.49. The Morgan fingerprint density at radius 3 is 2.82 bits per heavy atom. The molecule has 17 heavy (non-hydrogen) atoms. The summed E-state index contributed by atoms with van der Waals surface area (Å²) in [6.07, 6.45) is 1.29. The molecule has 1 aliphatic carbocycles. The van der Waals surface area contributed by atoms with Gasteiger partial charge >= 0.3 is 0 Å². The maximum Gasteiger partial charge on any atom is 0.292 e. The standard InChI is InChI=1S/C11H13ClN2O3/c12-8-1-2-11(14(16)17)10(5-8)13-6-7-3-9(15)4-7/h1-2,5,7,9,13,15H,3-4,6H2. The number of hydrogen-bond acceptors (Lipinski definition) is 4. The smallest absolute Gasteiger partial charge is 0.292 e. The highest BCUT2D eigenvalue weighted by atomic mass is 35.5. The topological polar surface area (TPSA) is 75.4 Å². The third kappa shape index (κ3) is 2.87. The number of aliphatic hydroxyl groups is 1. The molecule has 0 bridgehead atoms. The fourth-order valence-corrected chi connectivity index (χ4v) is 2.10. The van der Waals surface area contributed by atoms with Gasteiger partial charge in [0, 0.05) is 17.6 Å². The first-order chi connectivity index (χ1) is 8.06. The highest BCUT2D eigenvalue weighted by Gasteiger charge is 2.27. The molecular weight excluding hydrogens is 244 g/mol. The van der Waals surface area contributed by atoms with E-state index >= 15 is 0 Å². The molecule has 6 heteroatoms. The molecule has 2 rings (SSSR count). The Labute approximate surface area is 104 Å². The van der Waals surface area contributed by atoms with Crippen molar-refractivity contribution in [1.82, 2.24) is 0 Å². The molecule has 0 unspecified atom stereocenters. The number of aliphatic hydroxyl groups excluding tert-OH is 1. The molecule has 1 aromatic rings. The van der Waals surface area contributed by atoms with Gasteiger partial charge in [-0.15, -0.1) is 0 Å². The fraction of sp³-hybridized carbons (Fsp3) is 0.455. The van der Waals surface area contributed by atoms with E-state index in [1.165, 1.54) is 12.1 Å². The summed E-state index contributed by atoms with van der Waals surface area (Å²) in [4.78, 5) is 10.4. The summed E-state index contributed by atoms with van der Waals surface area (Å²) < 4.78 is 0. The number of hydrogen-bond donors (Lipinski definition) is 2. The van der Waals surface area contributed by atoms with Crippen LogP contribution in [0.25, 0.3) is 0 Å². The average molecular weight is 257 g/mol. The van der Waals surface area contributed by atoms with E-state index in [1.54, 1.807) is 6.07 Å². The van der Waals surface area contributed by atoms with Crippen LogP contribution in [0.5, 0.6) is 0 Å². The van der Waals surface area contributed by atoms with Crippen LogP contribution in [0.1, 0.15) is 12.8 Å². The first-order valence-corrected chi connectivity index (χ1v) is 5.80. The van der Waals surface area contributed by atoms with E-state index in [1.807, 2.05) is 0 Å². The quantitative estimate of drug-likeness (QED) is 0.641. The molecule has 0 saturated heterocycles. The Balaban J connectivity index is 2.03. The monoisotopic (exact) mass is 256 g/mol. The third-order valence-electron chi connectivity index (χ3n) is 2.95. The van der Waals surface area contributed by atoms with Crippen LogP contribution in [0.3, 0.4) is 0 Å². The van der Waals surface area contributed by atoms with Crippen molar-refractivity contribution in [3.63, 3.8) is 0 Å². The zero-order valence-corrected chi connectivity index (χ0v) is 9.85. The molecule has 1 aliphatic rings. The molecule has 0 aliphatic heterocycles. The number of benzene rings is 1. The molecule has 1 fully saturated rings. The fourth-order valence-electron chi connectivity index (χ4n) is 1.93.